The molecule has 14 nitrogen and oxygen atoms in total. The summed E-state index contributed by atoms with van der Waals surface area (Å²) in [5.74, 6) is -0.549. The van der Waals surface area contributed by atoms with Crippen LogP contribution in [0.1, 0.15) is 87.5 Å². The Labute approximate surface area is 286 Å². The van der Waals surface area contributed by atoms with E-state index in [1.807, 2.05) is 32.5 Å². The van der Waals surface area contributed by atoms with Gasteiger partial charge in [-0.3, -0.25) is 14.2 Å². The van der Waals surface area contributed by atoms with Gasteiger partial charge in [0.2, 0.25) is 10.0 Å². The minimum atomic E-state index is -3.86. The number of nitrogens with zero attached hydrogens (tertiary/aromatic N) is 5. The van der Waals surface area contributed by atoms with Crippen molar-refractivity contribution in [1.29, 1.82) is 0 Å². The lowest BCUT2D eigenvalue weighted by Crippen LogP contribution is -2.43. The van der Waals surface area contributed by atoms with Crippen molar-refractivity contribution in [1.82, 2.24) is 29.2 Å². The second-order valence-corrected chi connectivity index (χ2v) is 13.9. The highest BCUT2D eigenvalue weighted by Crippen LogP contribution is 2.35. The number of aromatic nitrogens is 6. The van der Waals surface area contributed by atoms with Gasteiger partial charge in [0.15, 0.2) is 0 Å². The molecular weight excluding hydrogens is 674 g/mol. The fourth-order valence-electron chi connectivity index (χ4n) is 5.43. The van der Waals surface area contributed by atoms with E-state index in [0.29, 0.717) is 27.1 Å². The molecule has 0 aliphatic heterocycles. The van der Waals surface area contributed by atoms with Crippen LogP contribution < -0.4 is 21.8 Å². The molecule has 0 radical (unpaired) electrons. The van der Waals surface area contributed by atoms with Crippen molar-refractivity contribution in [2.24, 2.45) is 0 Å². The average molecular weight is 715 g/mol. The van der Waals surface area contributed by atoms with Gasteiger partial charge in [0.1, 0.15) is 12.3 Å². The zero-order valence-electron chi connectivity index (χ0n) is 28.9. The first-order valence-corrected chi connectivity index (χ1v) is 17.4. The zero-order valence-corrected chi connectivity index (χ0v) is 29.7. The molecule has 268 valence electrons. The van der Waals surface area contributed by atoms with Crippen LogP contribution in [-0.4, -0.2) is 57.0 Å². The van der Waals surface area contributed by atoms with Gasteiger partial charge < -0.3 is 15.5 Å². The highest BCUT2D eigenvalue weighted by atomic mass is 32.2. The number of hydrogen-bond acceptors (Lipinski definition) is 9. The summed E-state index contributed by atoms with van der Waals surface area (Å²) in [5.41, 5.74) is 7.63. The Morgan fingerprint density at radius 2 is 1.38 bits per heavy atom. The molecule has 5 rings (SSSR count). The average Bonchev–Trinajstić information content (AvgIpc) is 3.73. The number of hydrogen-bond donors (Lipinski definition) is 3. The van der Waals surface area contributed by atoms with Gasteiger partial charge in [0, 0.05) is 41.3 Å². The molecule has 0 fully saturated rings. The van der Waals surface area contributed by atoms with Crippen LogP contribution >= 0.6 is 0 Å². The van der Waals surface area contributed by atoms with Gasteiger partial charge in [-0.05, 0) is 89.1 Å². The van der Waals surface area contributed by atoms with Crippen molar-refractivity contribution >= 4 is 32.6 Å². The molecule has 4 N–H and O–H groups in total. The van der Waals surface area contributed by atoms with Crippen molar-refractivity contribution in [2.75, 3.05) is 23.9 Å². The molecule has 0 saturated carbocycles. The molecule has 3 heterocycles. The van der Waals surface area contributed by atoms with Crippen LogP contribution in [0, 0.1) is 0 Å². The first-order chi connectivity index (χ1) is 23.4. The lowest BCUT2D eigenvalue weighted by atomic mass is 9.96. The Morgan fingerprint density at radius 1 is 0.880 bits per heavy atom. The number of sulfonamides is 1. The number of rotatable bonds is 9. The lowest BCUT2D eigenvalue weighted by molar-refractivity contribution is 0.0602. The standard InChI is InChI=1S/C17H20FN5O4S.C16H20FN3O2/c1-9(2)22-15(5-6-19-22)12-7-13-14(8-11(12)10(3)18)20-17(25)23(16(13)24)21-28(4,26)27;1-9(2)20-15(5-6-19-20)12-7-13(16(21)22-4)14(18)8-11(12)10(3)17/h5-10,21H,1-4H3,(H,20,25);5-10H,18H2,1-4H3. The molecule has 2 unspecified atom stereocenters. The molecule has 5 aromatic rings. The zero-order chi connectivity index (χ0) is 37.2. The molecule has 0 aliphatic rings. The molecular formula is C33H40F2N8O6S. The summed E-state index contributed by atoms with van der Waals surface area (Å²) >= 11 is 0. The topological polar surface area (TPSA) is 189 Å². The summed E-state index contributed by atoms with van der Waals surface area (Å²) in [6.45, 7) is 10.6. The summed E-state index contributed by atoms with van der Waals surface area (Å²) in [6, 6.07) is 9.47. The number of methoxy groups -OCH3 is 1. The van der Waals surface area contributed by atoms with Gasteiger partial charge >= 0.3 is 11.7 Å². The van der Waals surface area contributed by atoms with Gasteiger partial charge in [-0.15, -0.1) is 0 Å². The first-order valence-electron chi connectivity index (χ1n) is 15.5. The van der Waals surface area contributed by atoms with Crippen LogP contribution in [0.15, 0.2) is 58.4 Å². The number of aromatic amines is 1. The van der Waals surface area contributed by atoms with E-state index in [1.54, 1.807) is 40.0 Å². The van der Waals surface area contributed by atoms with Crippen LogP contribution in [0.25, 0.3) is 33.4 Å². The summed E-state index contributed by atoms with van der Waals surface area (Å²) < 4.78 is 59.9. The number of halogens is 2. The second-order valence-electron chi connectivity index (χ2n) is 12.2. The number of nitrogens with one attached hydrogen (secondary N) is 2. The molecule has 0 saturated heterocycles. The molecule has 0 amide bonds. The second kappa shape index (κ2) is 14.7. The first kappa shape index (κ1) is 37.5. The van der Waals surface area contributed by atoms with Gasteiger partial charge in [0.25, 0.3) is 5.56 Å². The summed E-state index contributed by atoms with van der Waals surface area (Å²) in [6.07, 6.45) is 1.44. The third kappa shape index (κ3) is 7.77. The molecule has 0 bridgehead atoms. The monoisotopic (exact) mass is 714 g/mol. The minimum Gasteiger partial charge on any atom is -0.465 e. The van der Waals surface area contributed by atoms with E-state index in [4.69, 9.17) is 10.5 Å². The number of nitrogens with two attached hydrogens (primary N) is 1. The Hall–Kier alpha value is -5.32. The van der Waals surface area contributed by atoms with Crippen LogP contribution in [0.5, 0.6) is 0 Å². The van der Waals surface area contributed by atoms with E-state index < -0.39 is 39.6 Å². The number of carbonyl (C=O) groups excluding carboxylic acids is 1. The van der Waals surface area contributed by atoms with Crippen molar-refractivity contribution in [3.8, 4) is 22.5 Å². The maximum absolute atomic E-state index is 14.4. The van der Waals surface area contributed by atoms with E-state index in [2.05, 4.69) is 15.2 Å². The number of benzene rings is 2. The number of ether oxygens (including phenoxy) is 1. The van der Waals surface area contributed by atoms with E-state index >= 15 is 0 Å². The number of nitrogen functional groups attached to an aromatic ring is 1. The maximum Gasteiger partial charge on any atom is 0.348 e. The van der Waals surface area contributed by atoms with Crippen molar-refractivity contribution in [3.05, 3.63) is 86.3 Å². The predicted octanol–water partition coefficient (Wildman–Crippen LogP) is 5.20. The van der Waals surface area contributed by atoms with Crippen molar-refractivity contribution in [3.63, 3.8) is 0 Å². The summed E-state index contributed by atoms with van der Waals surface area (Å²) in [4.78, 5) is 41.0. The fraction of sp³-hybridized carbons (Fsp3) is 0.364. The molecule has 0 spiro atoms. The van der Waals surface area contributed by atoms with Crippen molar-refractivity contribution in [2.45, 2.75) is 66.0 Å². The van der Waals surface area contributed by atoms with E-state index in [9.17, 15) is 31.6 Å². The minimum absolute atomic E-state index is 0.0115. The van der Waals surface area contributed by atoms with Crippen molar-refractivity contribution < 1.29 is 26.7 Å². The SMILES string of the molecule is CC(F)c1cc2[nH]c(=O)n(NS(C)(=O)=O)c(=O)c2cc1-c1ccnn1C(C)C.COC(=O)c1cc(-c2ccnn2C(C)C)c(C(C)F)cc1N. The Morgan fingerprint density at radius 3 is 1.84 bits per heavy atom. The Bertz CT molecular complexity index is 2270. The normalized spacial score (nSPS) is 12.9. The number of fused-ring (bicyclic) bond motifs is 1. The predicted molar refractivity (Wildman–Crippen MR) is 187 cm³/mol. The molecule has 2 atom stereocenters. The van der Waals surface area contributed by atoms with E-state index in [1.165, 1.54) is 39.2 Å². The third-order valence-electron chi connectivity index (χ3n) is 7.68. The number of esters is 1. The van der Waals surface area contributed by atoms with Gasteiger partial charge in [-0.2, -0.15) is 14.9 Å². The van der Waals surface area contributed by atoms with E-state index in [-0.39, 0.29) is 39.8 Å². The van der Waals surface area contributed by atoms with Gasteiger partial charge in [-0.1, -0.05) is 0 Å². The van der Waals surface area contributed by atoms with E-state index in [0.717, 1.165) is 11.9 Å². The van der Waals surface area contributed by atoms with Gasteiger partial charge in [-0.25, -0.2) is 31.6 Å². The highest BCUT2D eigenvalue weighted by molar-refractivity contribution is 7.91. The summed E-state index contributed by atoms with van der Waals surface area (Å²) in [7, 11) is -2.58. The Kier molecular flexibility index (Phi) is 11.0. The number of alkyl halides is 2. The maximum atomic E-state index is 14.4. The number of H-pyrrole nitrogens is 1. The Balaban J connectivity index is 0.000000232. The van der Waals surface area contributed by atoms with Crippen LogP contribution in [0.4, 0.5) is 14.5 Å². The largest absolute Gasteiger partial charge is 0.465 e. The summed E-state index contributed by atoms with van der Waals surface area (Å²) in [5, 5.41) is 8.53. The number of carbonyl (C=O) groups is 1. The molecule has 2 aromatic carbocycles. The number of anilines is 1. The van der Waals surface area contributed by atoms with Crippen LogP contribution in [0.3, 0.4) is 0 Å². The third-order valence-corrected chi connectivity index (χ3v) is 8.19. The molecule has 3 aromatic heterocycles. The van der Waals surface area contributed by atoms with Crippen LogP contribution in [0.2, 0.25) is 0 Å². The molecule has 0 aliphatic carbocycles. The fourth-order valence-corrected chi connectivity index (χ4v) is 5.93. The quantitative estimate of drug-likeness (QED) is 0.136. The highest BCUT2D eigenvalue weighted by Gasteiger charge is 2.22. The lowest BCUT2D eigenvalue weighted by Gasteiger charge is -2.17. The smallest absolute Gasteiger partial charge is 0.348 e. The molecule has 17 heteroatoms. The van der Waals surface area contributed by atoms with Gasteiger partial charge in [0.05, 0.1) is 41.2 Å². The van der Waals surface area contributed by atoms with Crippen LogP contribution in [-0.2, 0) is 14.8 Å². The molecule has 50 heavy (non-hydrogen) atoms.